The van der Waals surface area contributed by atoms with E-state index in [0.717, 1.165) is 22.9 Å². The summed E-state index contributed by atoms with van der Waals surface area (Å²) in [5.74, 6) is -0.0386. The second-order valence-electron chi connectivity index (χ2n) is 7.27. The molecular weight excluding hydrogens is 469 g/mol. The van der Waals surface area contributed by atoms with E-state index >= 15 is 0 Å². The van der Waals surface area contributed by atoms with Crippen molar-refractivity contribution in [3.63, 3.8) is 0 Å². The zero-order valence-electron chi connectivity index (χ0n) is 16.1. The number of rotatable bonds is 5. The molecule has 0 bridgehead atoms. The summed E-state index contributed by atoms with van der Waals surface area (Å²) in [5.41, 5.74) is 1.60. The van der Waals surface area contributed by atoms with Crippen LogP contribution in [0.1, 0.15) is 24.1 Å². The van der Waals surface area contributed by atoms with Crippen LogP contribution in [0.15, 0.2) is 44.7 Å². The number of anilines is 1. The summed E-state index contributed by atoms with van der Waals surface area (Å²) >= 11 is 3.43. The van der Waals surface area contributed by atoms with E-state index < -0.39 is 5.69 Å². The molecule has 5 rings (SSSR count). The van der Waals surface area contributed by atoms with Gasteiger partial charge in [0, 0.05) is 22.3 Å². The van der Waals surface area contributed by atoms with Crippen molar-refractivity contribution in [2.24, 2.45) is 4.99 Å². The van der Waals surface area contributed by atoms with E-state index in [2.05, 4.69) is 41.3 Å². The van der Waals surface area contributed by atoms with E-state index in [0.29, 0.717) is 28.7 Å². The van der Waals surface area contributed by atoms with Crippen LogP contribution in [0.3, 0.4) is 0 Å². The maximum absolute atomic E-state index is 13.6. The lowest BCUT2D eigenvalue weighted by Crippen LogP contribution is -2.20. The molecule has 1 aliphatic carbocycles. The van der Waals surface area contributed by atoms with Crippen LogP contribution in [0.5, 0.6) is 5.88 Å². The lowest BCUT2D eigenvalue weighted by molar-refractivity contribution is 0.454. The average Bonchev–Trinajstić information content (AvgIpc) is 3.37. The molecule has 158 valence electrons. The molecule has 1 saturated carbocycles. The highest BCUT2D eigenvalue weighted by molar-refractivity contribution is 9.10. The van der Waals surface area contributed by atoms with Gasteiger partial charge in [-0.25, -0.2) is 14.2 Å². The third kappa shape index (κ3) is 4.08. The first-order valence-electron chi connectivity index (χ1n) is 9.60. The largest absolute Gasteiger partial charge is 0.493 e. The number of nitrogens with one attached hydrogen (secondary N) is 3. The van der Waals surface area contributed by atoms with Gasteiger partial charge in [-0.1, -0.05) is 15.9 Å². The summed E-state index contributed by atoms with van der Waals surface area (Å²) in [7, 11) is 0. The monoisotopic (exact) mass is 485 g/mol. The smallest absolute Gasteiger partial charge is 0.326 e. The first-order chi connectivity index (χ1) is 15.0. The number of benzene rings is 1. The second kappa shape index (κ2) is 7.65. The predicted octanol–water partition coefficient (Wildman–Crippen LogP) is 1.58. The molecule has 0 aliphatic heterocycles. The maximum Gasteiger partial charge on any atom is 0.326 e. The van der Waals surface area contributed by atoms with Crippen LogP contribution in [-0.2, 0) is 6.54 Å². The molecule has 11 heteroatoms. The lowest BCUT2D eigenvalue weighted by atomic mass is 10.2. The minimum absolute atomic E-state index is 0.226. The fourth-order valence-electron chi connectivity index (χ4n) is 3.15. The van der Waals surface area contributed by atoms with Crippen molar-refractivity contribution >= 4 is 33.5 Å². The predicted molar refractivity (Wildman–Crippen MR) is 115 cm³/mol. The van der Waals surface area contributed by atoms with Gasteiger partial charge in [0.15, 0.2) is 11.1 Å². The molecule has 3 heterocycles. The van der Waals surface area contributed by atoms with Crippen LogP contribution in [0.2, 0.25) is 0 Å². The molecule has 4 N–H and O–H groups in total. The van der Waals surface area contributed by atoms with Gasteiger partial charge in [-0.15, -0.1) is 0 Å². The third-order valence-corrected chi connectivity index (χ3v) is 5.62. The normalized spacial score (nSPS) is 15.2. The van der Waals surface area contributed by atoms with E-state index in [1.807, 2.05) is 0 Å². The Labute approximate surface area is 182 Å². The molecule has 0 spiro atoms. The van der Waals surface area contributed by atoms with Gasteiger partial charge in [0.1, 0.15) is 17.3 Å². The Morgan fingerprint density at radius 1 is 1.35 bits per heavy atom. The molecular formula is C20H17BrFN7O2. The van der Waals surface area contributed by atoms with Crippen molar-refractivity contribution in [3.05, 3.63) is 73.2 Å². The van der Waals surface area contributed by atoms with Gasteiger partial charge in [0.2, 0.25) is 5.88 Å². The highest BCUT2D eigenvalue weighted by Crippen LogP contribution is 2.23. The minimum Gasteiger partial charge on any atom is -0.493 e. The number of aromatic nitrogens is 5. The standard InChI is InChI=1S/C20H17BrFN7O2/c21-14-4-1-12(22)5-10(14)8-23-16-7-17(25-13-2-3-13)29-18(27-16)11(9-24-29)6-15-19(30)28-20(31)26-15/h1,4-7,9,13,23,30H,2-3,8H2,(H2,26,28,31)/b11-6+,25-17?. The van der Waals surface area contributed by atoms with E-state index in [4.69, 9.17) is 4.99 Å². The number of halogens is 2. The fourth-order valence-corrected chi connectivity index (χ4v) is 3.54. The van der Waals surface area contributed by atoms with Gasteiger partial charge in [-0.2, -0.15) is 9.61 Å². The summed E-state index contributed by atoms with van der Waals surface area (Å²) in [5, 5.41) is 18.0. The van der Waals surface area contributed by atoms with Crippen molar-refractivity contribution in [2.45, 2.75) is 25.4 Å². The highest BCUT2D eigenvalue weighted by Gasteiger charge is 2.20. The van der Waals surface area contributed by atoms with E-state index in [1.54, 1.807) is 28.9 Å². The number of H-pyrrole nitrogens is 2. The van der Waals surface area contributed by atoms with Crippen molar-refractivity contribution in [2.75, 3.05) is 5.32 Å². The molecule has 0 radical (unpaired) electrons. The quantitative estimate of drug-likeness (QED) is 0.341. The summed E-state index contributed by atoms with van der Waals surface area (Å²) in [6, 6.07) is 6.56. The minimum atomic E-state index is -0.513. The number of aromatic hydroxyl groups is 1. The van der Waals surface area contributed by atoms with Crippen molar-refractivity contribution in [1.82, 2.24) is 24.6 Å². The van der Waals surface area contributed by atoms with Crippen LogP contribution in [0.4, 0.5) is 10.2 Å². The molecule has 9 nitrogen and oxygen atoms in total. The molecule has 1 aromatic carbocycles. The SMILES string of the molecule is O=c1[nH]c(O)c(/C=c2\cnn3c(=NC4CC4)cc(NCc4cc(F)ccc4Br)nc23)[nH]1. The van der Waals surface area contributed by atoms with Gasteiger partial charge in [-0.3, -0.25) is 9.98 Å². The first kappa shape index (κ1) is 19.5. The van der Waals surface area contributed by atoms with Gasteiger partial charge in [0.05, 0.1) is 12.2 Å². The van der Waals surface area contributed by atoms with Gasteiger partial charge >= 0.3 is 5.69 Å². The summed E-state index contributed by atoms with van der Waals surface area (Å²) in [4.78, 5) is 25.6. The number of aromatic amines is 2. The molecule has 0 amide bonds. The van der Waals surface area contributed by atoms with Gasteiger partial charge in [0.25, 0.3) is 0 Å². The van der Waals surface area contributed by atoms with Crippen LogP contribution in [0.25, 0.3) is 11.7 Å². The Kier molecular flexibility index (Phi) is 4.81. The lowest BCUT2D eigenvalue weighted by Gasteiger charge is -2.08. The Hall–Kier alpha value is -3.47. The van der Waals surface area contributed by atoms with Crippen molar-refractivity contribution < 1.29 is 9.50 Å². The van der Waals surface area contributed by atoms with Gasteiger partial charge < -0.3 is 15.4 Å². The summed E-state index contributed by atoms with van der Waals surface area (Å²) in [6.45, 7) is 0.351. The second-order valence-corrected chi connectivity index (χ2v) is 8.12. The van der Waals surface area contributed by atoms with Crippen molar-refractivity contribution in [1.29, 1.82) is 0 Å². The topological polar surface area (TPSA) is 123 Å². The fraction of sp³-hybridized carbons (Fsp3) is 0.200. The first-order valence-corrected chi connectivity index (χ1v) is 10.4. The van der Waals surface area contributed by atoms with Crippen molar-refractivity contribution in [3.8, 4) is 5.88 Å². The molecule has 0 unspecified atom stereocenters. The summed E-state index contributed by atoms with van der Waals surface area (Å²) in [6.07, 6.45) is 5.23. The molecule has 4 aromatic rings. The molecule has 31 heavy (non-hydrogen) atoms. The summed E-state index contributed by atoms with van der Waals surface area (Å²) < 4.78 is 16.0. The van der Waals surface area contributed by atoms with Crippen LogP contribution in [-0.4, -0.2) is 35.7 Å². The Morgan fingerprint density at radius 2 is 2.19 bits per heavy atom. The Balaban J connectivity index is 1.59. The number of hydrogen-bond acceptors (Lipinski definition) is 6. The van der Waals surface area contributed by atoms with Crippen LogP contribution >= 0.6 is 15.9 Å². The Morgan fingerprint density at radius 3 is 2.94 bits per heavy atom. The zero-order valence-corrected chi connectivity index (χ0v) is 17.6. The maximum atomic E-state index is 13.6. The van der Waals surface area contributed by atoms with E-state index in [9.17, 15) is 14.3 Å². The van der Waals surface area contributed by atoms with E-state index in [-0.39, 0.29) is 23.4 Å². The molecule has 0 saturated heterocycles. The van der Waals surface area contributed by atoms with Crippen LogP contribution in [0, 0.1) is 5.82 Å². The van der Waals surface area contributed by atoms with Crippen LogP contribution < -0.4 is 21.7 Å². The number of nitrogens with zero attached hydrogens (tertiary/aromatic N) is 4. The Bertz CT molecular complexity index is 1470. The molecule has 3 aromatic heterocycles. The van der Waals surface area contributed by atoms with E-state index in [1.165, 1.54) is 12.1 Å². The molecule has 0 atom stereocenters. The molecule has 1 fully saturated rings. The number of hydrogen-bond donors (Lipinski definition) is 4. The number of fused-ring (bicyclic) bond motifs is 1. The zero-order chi connectivity index (χ0) is 21.5. The van der Waals surface area contributed by atoms with Gasteiger partial charge in [-0.05, 0) is 42.7 Å². The number of imidazole rings is 1. The molecule has 1 aliphatic rings. The third-order valence-electron chi connectivity index (χ3n) is 4.84. The average molecular weight is 486 g/mol. The highest BCUT2D eigenvalue weighted by atomic mass is 79.9.